The quantitative estimate of drug-likeness (QED) is 0.331. The number of piperazine rings is 1. The average molecular weight is 441 g/mol. The molecule has 1 fully saturated rings. The van der Waals surface area contributed by atoms with E-state index in [1.54, 1.807) is 24.1 Å². The molecule has 160 valence electrons. The Labute approximate surface area is 183 Å². The zero-order valence-electron chi connectivity index (χ0n) is 17.0. The lowest BCUT2D eigenvalue weighted by Crippen LogP contribution is -2.49. The summed E-state index contributed by atoms with van der Waals surface area (Å²) >= 11 is 6.12. The largest absolute Gasteiger partial charge is 0.495 e. The molecule has 3 aromatic rings. The van der Waals surface area contributed by atoms with E-state index in [0.29, 0.717) is 48.2 Å². The van der Waals surface area contributed by atoms with Gasteiger partial charge in [-0.15, -0.1) is 0 Å². The Bertz CT molecular complexity index is 1150. The summed E-state index contributed by atoms with van der Waals surface area (Å²) in [6, 6.07) is 9.33. The maximum absolute atomic E-state index is 12.9. The van der Waals surface area contributed by atoms with Gasteiger partial charge in [-0.2, -0.15) is 5.10 Å². The molecule has 3 heterocycles. The highest BCUT2D eigenvalue weighted by Gasteiger charge is 2.23. The van der Waals surface area contributed by atoms with Gasteiger partial charge in [0.1, 0.15) is 17.8 Å². The number of aromatic nitrogens is 3. The number of azide groups is 1. The highest BCUT2D eigenvalue weighted by molar-refractivity contribution is 6.32. The van der Waals surface area contributed by atoms with Crippen LogP contribution >= 0.6 is 11.6 Å². The van der Waals surface area contributed by atoms with Gasteiger partial charge >= 0.3 is 0 Å². The first-order chi connectivity index (χ1) is 15.1. The van der Waals surface area contributed by atoms with Gasteiger partial charge in [-0.05, 0) is 29.8 Å². The van der Waals surface area contributed by atoms with Crippen LogP contribution in [0, 0.1) is 0 Å². The van der Waals surface area contributed by atoms with Crippen LogP contribution < -0.4 is 9.64 Å². The van der Waals surface area contributed by atoms with Crippen molar-refractivity contribution in [1.82, 2.24) is 19.7 Å². The molecule has 0 N–H and O–H groups in total. The maximum Gasteiger partial charge on any atom is 0.244 e. The third kappa shape index (κ3) is 4.35. The molecule has 1 amide bonds. The number of ether oxygens (including phenoxy) is 1. The first kappa shape index (κ1) is 20.8. The number of nitrogens with zero attached hydrogens (tertiary/aromatic N) is 8. The van der Waals surface area contributed by atoms with E-state index in [1.807, 2.05) is 29.2 Å². The van der Waals surface area contributed by atoms with Crippen LogP contribution in [0.15, 0.2) is 41.6 Å². The number of hydrogen-bond acceptors (Lipinski definition) is 6. The zero-order chi connectivity index (χ0) is 21.8. The summed E-state index contributed by atoms with van der Waals surface area (Å²) in [5.41, 5.74) is 11.6. The minimum absolute atomic E-state index is 0.0167. The number of anilines is 1. The van der Waals surface area contributed by atoms with Gasteiger partial charge < -0.3 is 14.5 Å². The van der Waals surface area contributed by atoms with Crippen molar-refractivity contribution in [2.45, 2.75) is 13.1 Å². The summed E-state index contributed by atoms with van der Waals surface area (Å²) in [4.78, 5) is 24.1. The molecule has 0 saturated carbocycles. The van der Waals surface area contributed by atoms with Crippen LogP contribution in [0.4, 0.5) is 5.69 Å². The second-order valence-corrected chi connectivity index (χ2v) is 7.46. The number of hydrogen-bond donors (Lipinski definition) is 0. The summed E-state index contributed by atoms with van der Waals surface area (Å²) in [7, 11) is 1.59. The Balaban J connectivity index is 1.43. The SMILES string of the molecule is COc1cc(N2CCN(C(=O)Cn3nc(CN=[N+]=[N-])c4ncccc43)CC2)ccc1Cl. The van der Waals surface area contributed by atoms with Crippen LogP contribution in [0.25, 0.3) is 21.5 Å². The highest BCUT2D eigenvalue weighted by atomic mass is 35.5. The molecule has 11 heteroatoms. The van der Waals surface area contributed by atoms with Gasteiger partial charge in [0.05, 0.1) is 29.9 Å². The van der Waals surface area contributed by atoms with E-state index in [4.69, 9.17) is 21.9 Å². The Morgan fingerprint density at radius 1 is 1.29 bits per heavy atom. The molecule has 0 unspecified atom stereocenters. The number of rotatable bonds is 6. The number of carbonyl (C=O) groups excluding carboxylic acids is 1. The second-order valence-electron chi connectivity index (χ2n) is 7.05. The smallest absolute Gasteiger partial charge is 0.244 e. The van der Waals surface area contributed by atoms with Gasteiger partial charge in [-0.25, -0.2) is 0 Å². The Morgan fingerprint density at radius 2 is 2.10 bits per heavy atom. The van der Waals surface area contributed by atoms with E-state index in [-0.39, 0.29) is 19.0 Å². The minimum Gasteiger partial charge on any atom is -0.495 e. The Hall–Kier alpha value is -3.49. The third-order valence-electron chi connectivity index (χ3n) is 5.28. The molecular formula is C20H21ClN8O2. The first-order valence-electron chi connectivity index (χ1n) is 9.78. The van der Waals surface area contributed by atoms with Crippen molar-refractivity contribution < 1.29 is 9.53 Å². The van der Waals surface area contributed by atoms with Crippen LogP contribution in [0.5, 0.6) is 5.75 Å². The molecule has 0 atom stereocenters. The molecule has 2 aromatic heterocycles. The first-order valence-corrected chi connectivity index (χ1v) is 10.2. The van der Waals surface area contributed by atoms with E-state index in [9.17, 15) is 4.79 Å². The number of amides is 1. The van der Waals surface area contributed by atoms with E-state index < -0.39 is 0 Å². The van der Waals surface area contributed by atoms with Crippen LogP contribution in [-0.4, -0.2) is 58.9 Å². The van der Waals surface area contributed by atoms with Crippen molar-refractivity contribution >= 4 is 34.2 Å². The summed E-state index contributed by atoms with van der Waals surface area (Å²) in [6.45, 7) is 2.82. The van der Waals surface area contributed by atoms with Crippen molar-refractivity contribution in [2.75, 3.05) is 38.2 Å². The lowest BCUT2D eigenvalue weighted by molar-refractivity contribution is -0.132. The van der Waals surface area contributed by atoms with E-state index >= 15 is 0 Å². The lowest BCUT2D eigenvalue weighted by Gasteiger charge is -2.36. The van der Waals surface area contributed by atoms with Gasteiger partial charge in [0.2, 0.25) is 5.91 Å². The molecule has 0 radical (unpaired) electrons. The van der Waals surface area contributed by atoms with Crippen molar-refractivity contribution in [3.63, 3.8) is 0 Å². The fourth-order valence-corrected chi connectivity index (χ4v) is 3.88. The third-order valence-corrected chi connectivity index (χ3v) is 5.59. The van der Waals surface area contributed by atoms with Crippen LogP contribution in [0.1, 0.15) is 5.69 Å². The zero-order valence-corrected chi connectivity index (χ0v) is 17.7. The fraction of sp³-hybridized carbons (Fsp3) is 0.350. The molecule has 31 heavy (non-hydrogen) atoms. The normalized spacial score (nSPS) is 13.9. The van der Waals surface area contributed by atoms with Crippen LogP contribution in [0.2, 0.25) is 5.02 Å². The monoisotopic (exact) mass is 440 g/mol. The molecule has 1 aliphatic rings. The standard InChI is InChI=1S/C20H21ClN8O2/c1-31-18-11-14(4-5-15(18)21)27-7-9-28(10-8-27)19(30)13-29-17-3-2-6-23-20(17)16(25-29)12-24-26-22/h2-6,11H,7-10,12-13H2,1H3. The molecule has 1 aromatic carbocycles. The van der Waals surface area contributed by atoms with E-state index in [1.165, 1.54) is 0 Å². The predicted molar refractivity (Wildman–Crippen MR) is 117 cm³/mol. The van der Waals surface area contributed by atoms with Gasteiger partial charge in [0.25, 0.3) is 0 Å². The number of halogens is 1. The molecule has 1 aliphatic heterocycles. The molecule has 0 spiro atoms. The summed E-state index contributed by atoms with van der Waals surface area (Å²) in [5, 5.41) is 8.60. The molecule has 0 bridgehead atoms. The van der Waals surface area contributed by atoms with E-state index in [0.717, 1.165) is 11.2 Å². The maximum atomic E-state index is 12.9. The number of fused-ring (bicyclic) bond motifs is 1. The summed E-state index contributed by atoms with van der Waals surface area (Å²) < 4.78 is 6.93. The van der Waals surface area contributed by atoms with Gasteiger partial charge in [0.15, 0.2) is 0 Å². The average Bonchev–Trinajstić information content (AvgIpc) is 3.15. The van der Waals surface area contributed by atoms with Crippen molar-refractivity contribution in [2.24, 2.45) is 5.11 Å². The number of carbonyl (C=O) groups is 1. The van der Waals surface area contributed by atoms with Crippen LogP contribution in [0.3, 0.4) is 0 Å². The number of benzene rings is 1. The van der Waals surface area contributed by atoms with Crippen molar-refractivity contribution in [3.8, 4) is 5.75 Å². The Morgan fingerprint density at radius 3 is 2.84 bits per heavy atom. The summed E-state index contributed by atoms with van der Waals surface area (Å²) in [6.07, 6.45) is 1.65. The molecule has 0 aliphatic carbocycles. The topological polar surface area (TPSA) is 112 Å². The molecule has 1 saturated heterocycles. The minimum atomic E-state index is -0.0167. The summed E-state index contributed by atoms with van der Waals surface area (Å²) in [5.74, 6) is 0.616. The highest BCUT2D eigenvalue weighted by Crippen LogP contribution is 2.29. The second kappa shape index (κ2) is 9.11. The van der Waals surface area contributed by atoms with Crippen molar-refractivity contribution in [3.05, 3.63) is 57.7 Å². The van der Waals surface area contributed by atoms with Gasteiger partial charge in [0, 0.05) is 49.0 Å². The molecule has 4 rings (SSSR count). The predicted octanol–water partition coefficient (Wildman–Crippen LogP) is 3.25. The van der Waals surface area contributed by atoms with Crippen LogP contribution in [-0.2, 0) is 17.9 Å². The van der Waals surface area contributed by atoms with Crippen molar-refractivity contribution in [1.29, 1.82) is 0 Å². The molecule has 10 nitrogen and oxygen atoms in total. The fourth-order valence-electron chi connectivity index (χ4n) is 3.69. The number of methoxy groups -OCH3 is 1. The van der Waals surface area contributed by atoms with E-state index in [2.05, 4.69) is 25.0 Å². The van der Waals surface area contributed by atoms with Gasteiger partial charge in [-0.3, -0.25) is 14.5 Å². The Kier molecular flexibility index (Phi) is 6.11. The number of pyridine rings is 1. The lowest BCUT2D eigenvalue weighted by atomic mass is 10.2. The molecular weight excluding hydrogens is 420 g/mol. The van der Waals surface area contributed by atoms with Gasteiger partial charge in [-0.1, -0.05) is 16.7 Å².